The van der Waals surface area contributed by atoms with Gasteiger partial charge < -0.3 is 18.7 Å². The summed E-state index contributed by atoms with van der Waals surface area (Å²) < 4.78 is 20.3. The van der Waals surface area contributed by atoms with E-state index in [1.807, 2.05) is 13.8 Å². The van der Waals surface area contributed by atoms with E-state index in [4.69, 9.17) is 14.2 Å². The van der Waals surface area contributed by atoms with Crippen molar-refractivity contribution in [3.63, 3.8) is 0 Å². The summed E-state index contributed by atoms with van der Waals surface area (Å²) in [6, 6.07) is 4.29. The number of quaternary nitrogens is 1. The molecule has 0 N–H and O–H groups in total. The molecule has 4 fully saturated rings. The predicted molar refractivity (Wildman–Crippen MR) is 142 cm³/mol. The number of rotatable bonds is 12. The fraction of sp³-hybridized carbons (Fsp3) is 0.793. The van der Waals surface area contributed by atoms with Gasteiger partial charge in [-0.15, -0.1) is 0 Å². The molecule has 1 aliphatic heterocycles. The van der Waals surface area contributed by atoms with Gasteiger partial charge in [0.2, 0.25) is 0 Å². The number of hydrogen-bond acceptors (Lipinski definition) is 3. The Kier molecular flexibility index (Phi) is 8.90. The molecule has 3 saturated carbocycles. The Hall–Kier alpha value is -0.780. The van der Waals surface area contributed by atoms with Crippen molar-refractivity contribution in [2.75, 3.05) is 46.1 Å². The maximum atomic E-state index is 6.31. The maximum Gasteiger partial charge on any atom is 0.162 e. The summed E-state index contributed by atoms with van der Waals surface area (Å²) in [6.45, 7) is 16.8. The molecule has 3 aliphatic carbocycles. The SMILES string of the molecule is CCOc1cc(Br)c(C[N+]2(CCOCCC3CCC4CC3C4(C)C)CCCCC2)cc1OCC. The number of piperidine rings is 1. The second-order valence-electron chi connectivity index (χ2n) is 11.6. The van der Waals surface area contributed by atoms with E-state index in [1.54, 1.807) is 0 Å². The van der Waals surface area contributed by atoms with E-state index in [0.29, 0.717) is 18.6 Å². The predicted octanol–water partition coefficient (Wildman–Crippen LogP) is 7.23. The van der Waals surface area contributed by atoms with Gasteiger partial charge in [-0.05, 0) is 94.1 Å². The quantitative estimate of drug-likeness (QED) is 0.208. The van der Waals surface area contributed by atoms with Crippen LogP contribution in [-0.2, 0) is 11.3 Å². The molecule has 1 heterocycles. The number of benzene rings is 1. The van der Waals surface area contributed by atoms with Crippen molar-refractivity contribution < 1.29 is 18.7 Å². The second-order valence-corrected chi connectivity index (χ2v) is 12.4. The van der Waals surface area contributed by atoms with Crippen LogP contribution in [0.3, 0.4) is 0 Å². The van der Waals surface area contributed by atoms with Gasteiger partial charge in [0, 0.05) is 16.6 Å². The van der Waals surface area contributed by atoms with Gasteiger partial charge in [0.1, 0.15) is 13.1 Å². The van der Waals surface area contributed by atoms with Crippen LogP contribution in [0.1, 0.15) is 78.2 Å². The number of ether oxygens (including phenoxy) is 3. The zero-order valence-electron chi connectivity index (χ0n) is 22.0. The summed E-state index contributed by atoms with van der Waals surface area (Å²) in [7, 11) is 0. The van der Waals surface area contributed by atoms with Crippen LogP contribution in [0, 0.1) is 23.2 Å². The van der Waals surface area contributed by atoms with E-state index in [-0.39, 0.29) is 0 Å². The van der Waals surface area contributed by atoms with Gasteiger partial charge >= 0.3 is 0 Å². The Morgan fingerprint density at radius 1 is 0.971 bits per heavy atom. The molecule has 0 radical (unpaired) electrons. The van der Waals surface area contributed by atoms with Crippen molar-refractivity contribution in [1.29, 1.82) is 0 Å². The van der Waals surface area contributed by atoms with Crippen LogP contribution in [-0.4, -0.2) is 50.5 Å². The van der Waals surface area contributed by atoms with E-state index < -0.39 is 0 Å². The van der Waals surface area contributed by atoms with Crippen molar-refractivity contribution in [3.8, 4) is 11.5 Å². The van der Waals surface area contributed by atoms with E-state index in [1.165, 1.54) is 63.6 Å². The number of likely N-dealkylation sites (tertiary alicyclic amines) is 1. The molecule has 0 aromatic heterocycles. The molecule has 0 amide bonds. The van der Waals surface area contributed by atoms with E-state index in [2.05, 4.69) is 41.9 Å². The van der Waals surface area contributed by atoms with Crippen LogP contribution in [0.2, 0.25) is 0 Å². The summed E-state index contributed by atoms with van der Waals surface area (Å²) in [5.74, 6) is 4.50. The zero-order valence-corrected chi connectivity index (χ0v) is 23.6. The molecule has 5 heteroatoms. The average Bonchev–Trinajstić information content (AvgIpc) is 2.82. The summed E-state index contributed by atoms with van der Waals surface area (Å²) in [5, 5.41) is 0. The normalized spacial score (nSPS) is 27.1. The molecule has 3 unspecified atom stereocenters. The summed E-state index contributed by atoms with van der Waals surface area (Å²) in [6.07, 6.45) is 9.57. The molecule has 34 heavy (non-hydrogen) atoms. The molecule has 1 aromatic carbocycles. The van der Waals surface area contributed by atoms with Crippen LogP contribution in [0.4, 0.5) is 0 Å². The first-order valence-electron chi connectivity index (χ1n) is 13.9. The van der Waals surface area contributed by atoms with Crippen molar-refractivity contribution in [3.05, 3.63) is 22.2 Å². The van der Waals surface area contributed by atoms with Crippen molar-refractivity contribution in [2.24, 2.45) is 23.2 Å². The third-order valence-electron chi connectivity index (χ3n) is 9.33. The van der Waals surface area contributed by atoms with Crippen molar-refractivity contribution in [2.45, 2.75) is 79.2 Å². The standard InChI is InChI=1S/C29H47BrNO3/c1-5-33-27-18-23(26(30)20-28(27)34-6-2)21-31(13-8-7-9-14-31)15-17-32-16-12-22-10-11-24-19-25(22)29(24,3)4/h18,20,22,24-25H,5-17,19,21H2,1-4H3/q+1. The number of halogens is 1. The van der Waals surface area contributed by atoms with E-state index >= 15 is 0 Å². The lowest BCUT2D eigenvalue weighted by Crippen LogP contribution is -2.53. The zero-order chi connectivity index (χ0) is 24.2. The molecule has 3 atom stereocenters. The molecule has 0 spiro atoms. The highest BCUT2D eigenvalue weighted by Crippen LogP contribution is 2.61. The minimum Gasteiger partial charge on any atom is -0.490 e. The second kappa shape index (κ2) is 11.5. The Bertz CT molecular complexity index is 803. The van der Waals surface area contributed by atoms with Crippen molar-refractivity contribution >= 4 is 15.9 Å². The largest absolute Gasteiger partial charge is 0.490 e. The van der Waals surface area contributed by atoms with Crippen LogP contribution in [0.15, 0.2) is 16.6 Å². The fourth-order valence-corrected chi connectivity index (χ4v) is 7.59. The van der Waals surface area contributed by atoms with Gasteiger partial charge in [0.15, 0.2) is 11.5 Å². The molecular weight excluding hydrogens is 490 g/mol. The lowest BCUT2D eigenvalue weighted by molar-refractivity contribution is -0.945. The lowest BCUT2D eigenvalue weighted by Gasteiger charge is -2.60. The molecular formula is C29H47BrNO3+. The lowest BCUT2D eigenvalue weighted by atomic mass is 9.45. The minimum atomic E-state index is 0.581. The van der Waals surface area contributed by atoms with Crippen molar-refractivity contribution in [1.82, 2.24) is 0 Å². The Morgan fingerprint density at radius 2 is 1.68 bits per heavy atom. The van der Waals surface area contributed by atoms with Gasteiger partial charge in [-0.2, -0.15) is 0 Å². The molecule has 4 aliphatic rings. The highest BCUT2D eigenvalue weighted by molar-refractivity contribution is 9.10. The van der Waals surface area contributed by atoms with E-state index in [0.717, 1.165) is 64.5 Å². The van der Waals surface area contributed by atoms with E-state index in [9.17, 15) is 0 Å². The third kappa shape index (κ3) is 5.78. The van der Waals surface area contributed by atoms with Gasteiger partial charge in [-0.25, -0.2) is 0 Å². The number of nitrogens with zero attached hydrogens (tertiary/aromatic N) is 1. The average molecular weight is 538 g/mol. The van der Waals surface area contributed by atoms with Gasteiger partial charge in [0.25, 0.3) is 0 Å². The molecule has 1 saturated heterocycles. The Morgan fingerprint density at radius 3 is 2.32 bits per heavy atom. The van der Waals surface area contributed by atoms with Crippen LogP contribution in [0.25, 0.3) is 0 Å². The molecule has 4 nitrogen and oxygen atoms in total. The Labute approximate surface area is 216 Å². The van der Waals surface area contributed by atoms with Gasteiger partial charge in [-0.3, -0.25) is 0 Å². The smallest absolute Gasteiger partial charge is 0.162 e. The monoisotopic (exact) mass is 536 g/mol. The molecule has 1 aromatic rings. The molecule has 5 rings (SSSR count). The summed E-state index contributed by atoms with van der Waals surface area (Å²) in [5.41, 5.74) is 1.90. The van der Waals surface area contributed by atoms with Crippen LogP contribution in [0.5, 0.6) is 11.5 Å². The Balaban J connectivity index is 1.33. The van der Waals surface area contributed by atoms with Gasteiger partial charge in [-0.1, -0.05) is 29.8 Å². The molecule has 192 valence electrons. The highest BCUT2D eigenvalue weighted by Gasteiger charge is 2.53. The number of fused-ring (bicyclic) bond motifs is 2. The highest BCUT2D eigenvalue weighted by atomic mass is 79.9. The minimum absolute atomic E-state index is 0.581. The first kappa shape index (κ1) is 26.3. The maximum absolute atomic E-state index is 6.31. The molecule has 2 bridgehead atoms. The summed E-state index contributed by atoms with van der Waals surface area (Å²) in [4.78, 5) is 0. The number of hydrogen-bond donors (Lipinski definition) is 0. The van der Waals surface area contributed by atoms with Gasteiger partial charge in [0.05, 0.1) is 32.9 Å². The topological polar surface area (TPSA) is 27.7 Å². The van der Waals surface area contributed by atoms with Crippen LogP contribution < -0.4 is 9.47 Å². The van der Waals surface area contributed by atoms with Crippen LogP contribution >= 0.6 is 15.9 Å². The summed E-state index contributed by atoms with van der Waals surface area (Å²) >= 11 is 3.83. The first-order valence-corrected chi connectivity index (χ1v) is 14.7. The third-order valence-corrected chi connectivity index (χ3v) is 10.1. The fourth-order valence-electron chi connectivity index (χ4n) is 7.14. The first-order chi connectivity index (χ1) is 16.4.